The molecule has 0 bridgehead atoms. The Balaban J connectivity index is 1.85. The maximum atomic E-state index is 13.3. The highest BCUT2D eigenvalue weighted by atomic mass is 32.1. The number of rotatable bonds is 9. The van der Waals surface area contributed by atoms with Crippen LogP contribution in [0.25, 0.3) is 10.2 Å². The SMILES string of the molecule is CCN(CC)Cc1nc2sc(C)c(C)c2c(=O)n1CCCOc1ccccc1. The molecular formula is C22H29N3O2S. The van der Waals surface area contributed by atoms with Gasteiger partial charge in [-0.3, -0.25) is 14.3 Å². The number of para-hydroxylation sites is 1. The lowest BCUT2D eigenvalue weighted by Crippen LogP contribution is -2.31. The quantitative estimate of drug-likeness (QED) is 0.501. The van der Waals surface area contributed by atoms with E-state index in [-0.39, 0.29) is 5.56 Å². The zero-order valence-electron chi connectivity index (χ0n) is 17.2. The van der Waals surface area contributed by atoms with Crippen LogP contribution in [0.3, 0.4) is 0 Å². The molecule has 0 aliphatic rings. The van der Waals surface area contributed by atoms with Gasteiger partial charge in [0.2, 0.25) is 0 Å². The van der Waals surface area contributed by atoms with E-state index in [1.165, 1.54) is 4.88 Å². The average molecular weight is 400 g/mol. The van der Waals surface area contributed by atoms with Gasteiger partial charge in [0.25, 0.3) is 5.56 Å². The molecule has 5 nitrogen and oxygen atoms in total. The summed E-state index contributed by atoms with van der Waals surface area (Å²) in [6.07, 6.45) is 0.759. The highest BCUT2D eigenvalue weighted by Gasteiger charge is 2.17. The first-order valence-electron chi connectivity index (χ1n) is 9.94. The van der Waals surface area contributed by atoms with Gasteiger partial charge in [-0.05, 0) is 51.1 Å². The van der Waals surface area contributed by atoms with Gasteiger partial charge in [0.05, 0.1) is 18.5 Å². The lowest BCUT2D eigenvalue weighted by atomic mass is 10.2. The number of thiophene rings is 1. The molecule has 6 heteroatoms. The number of benzene rings is 1. The molecule has 0 saturated carbocycles. The molecule has 0 unspecified atom stereocenters. The van der Waals surface area contributed by atoms with Crippen molar-refractivity contribution in [2.24, 2.45) is 0 Å². The summed E-state index contributed by atoms with van der Waals surface area (Å²) in [6, 6.07) is 9.78. The van der Waals surface area contributed by atoms with Gasteiger partial charge in [-0.1, -0.05) is 32.0 Å². The van der Waals surface area contributed by atoms with Crippen LogP contribution in [0, 0.1) is 13.8 Å². The second-order valence-corrected chi connectivity index (χ2v) is 8.13. The highest BCUT2D eigenvalue weighted by molar-refractivity contribution is 7.18. The van der Waals surface area contributed by atoms with E-state index in [1.807, 2.05) is 41.8 Å². The minimum atomic E-state index is 0.0775. The van der Waals surface area contributed by atoms with Gasteiger partial charge in [0.15, 0.2) is 0 Å². The molecule has 28 heavy (non-hydrogen) atoms. The summed E-state index contributed by atoms with van der Waals surface area (Å²) in [4.78, 5) is 22.5. The van der Waals surface area contributed by atoms with Gasteiger partial charge in [0, 0.05) is 11.4 Å². The predicted octanol–water partition coefficient (Wildman–Crippen LogP) is 4.39. The fraction of sp³-hybridized carbons (Fsp3) is 0.455. The van der Waals surface area contributed by atoms with Gasteiger partial charge in [-0.15, -0.1) is 11.3 Å². The van der Waals surface area contributed by atoms with Crippen LogP contribution < -0.4 is 10.3 Å². The second-order valence-electron chi connectivity index (χ2n) is 6.92. The molecule has 0 atom stereocenters. The van der Waals surface area contributed by atoms with Crippen LogP contribution in [0.2, 0.25) is 0 Å². The zero-order valence-corrected chi connectivity index (χ0v) is 18.0. The number of hydrogen-bond donors (Lipinski definition) is 0. The van der Waals surface area contributed by atoms with Gasteiger partial charge < -0.3 is 4.74 Å². The molecule has 0 aliphatic heterocycles. The number of fused-ring (bicyclic) bond motifs is 1. The van der Waals surface area contributed by atoms with Crippen LogP contribution >= 0.6 is 11.3 Å². The molecule has 3 aromatic rings. The van der Waals surface area contributed by atoms with Crippen molar-refractivity contribution in [3.63, 3.8) is 0 Å². The van der Waals surface area contributed by atoms with Crippen molar-refractivity contribution >= 4 is 21.6 Å². The minimum Gasteiger partial charge on any atom is -0.494 e. The van der Waals surface area contributed by atoms with E-state index in [1.54, 1.807) is 11.3 Å². The lowest BCUT2D eigenvalue weighted by Gasteiger charge is -2.20. The molecule has 0 fully saturated rings. The molecular weight excluding hydrogens is 370 g/mol. The maximum Gasteiger partial charge on any atom is 0.262 e. The normalized spacial score (nSPS) is 11.5. The molecule has 0 spiro atoms. The molecule has 2 heterocycles. The number of aryl methyl sites for hydroxylation is 2. The molecule has 0 saturated heterocycles. The van der Waals surface area contributed by atoms with Gasteiger partial charge >= 0.3 is 0 Å². The van der Waals surface area contributed by atoms with E-state index < -0.39 is 0 Å². The summed E-state index contributed by atoms with van der Waals surface area (Å²) < 4.78 is 7.66. The predicted molar refractivity (Wildman–Crippen MR) is 117 cm³/mol. The second kappa shape index (κ2) is 9.34. The van der Waals surface area contributed by atoms with Crippen molar-refractivity contribution in [2.75, 3.05) is 19.7 Å². The minimum absolute atomic E-state index is 0.0775. The Labute approximate surface area is 170 Å². The first-order valence-corrected chi connectivity index (χ1v) is 10.8. The summed E-state index contributed by atoms with van der Waals surface area (Å²) in [5.74, 6) is 1.71. The van der Waals surface area contributed by atoms with Crippen molar-refractivity contribution in [3.8, 4) is 5.75 Å². The number of ether oxygens (including phenoxy) is 1. The van der Waals surface area contributed by atoms with E-state index in [9.17, 15) is 4.79 Å². The summed E-state index contributed by atoms with van der Waals surface area (Å²) in [6.45, 7) is 12.1. The fourth-order valence-corrected chi connectivity index (χ4v) is 4.34. The van der Waals surface area contributed by atoms with Crippen molar-refractivity contribution in [1.82, 2.24) is 14.5 Å². The maximum absolute atomic E-state index is 13.3. The number of nitrogens with zero attached hydrogens (tertiary/aromatic N) is 3. The molecule has 2 aromatic heterocycles. The zero-order chi connectivity index (χ0) is 20.1. The molecule has 0 aliphatic carbocycles. The molecule has 0 radical (unpaired) electrons. The van der Waals surface area contributed by atoms with Crippen LogP contribution in [-0.2, 0) is 13.1 Å². The Morgan fingerprint density at radius 1 is 1.14 bits per heavy atom. The third-order valence-electron chi connectivity index (χ3n) is 5.17. The molecule has 150 valence electrons. The highest BCUT2D eigenvalue weighted by Crippen LogP contribution is 2.26. The van der Waals surface area contributed by atoms with Gasteiger partial charge in [-0.2, -0.15) is 0 Å². The summed E-state index contributed by atoms with van der Waals surface area (Å²) in [5.41, 5.74) is 1.13. The van der Waals surface area contributed by atoms with E-state index >= 15 is 0 Å². The van der Waals surface area contributed by atoms with Gasteiger partial charge in [0.1, 0.15) is 16.4 Å². The fourth-order valence-electron chi connectivity index (χ4n) is 3.30. The summed E-state index contributed by atoms with van der Waals surface area (Å²) in [5, 5.41) is 0.773. The van der Waals surface area contributed by atoms with Crippen molar-refractivity contribution < 1.29 is 4.74 Å². The van der Waals surface area contributed by atoms with Crippen LogP contribution in [0.4, 0.5) is 0 Å². The van der Waals surface area contributed by atoms with Crippen molar-refractivity contribution in [1.29, 1.82) is 0 Å². The first-order chi connectivity index (χ1) is 13.5. The van der Waals surface area contributed by atoms with Crippen LogP contribution in [0.15, 0.2) is 35.1 Å². The standard InChI is InChI=1S/C22H29N3O2S/c1-5-24(6-2)15-19-23-21-20(16(3)17(4)28-21)22(26)25(19)13-10-14-27-18-11-8-7-9-12-18/h7-9,11-12H,5-6,10,13-15H2,1-4H3. The third-order valence-corrected chi connectivity index (χ3v) is 6.27. The largest absolute Gasteiger partial charge is 0.494 e. The molecule has 0 N–H and O–H groups in total. The monoisotopic (exact) mass is 399 g/mol. The van der Waals surface area contributed by atoms with Gasteiger partial charge in [-0.25, -0.2) is 4.98 Å². The van der Waals surface area contributed by atoms with E-state index in [2.05, 4.69) is 25.7 Å². The van der Waals surface area contributed by atoms with Crippen LogP contribution in [0.1, 0.15) is 36.5 Å². The lowest BCUT2D eigenvalue weighted by molar-refractivity contribution is 0.274. The first kappa shape index (κ1) is 20.6. The molecule has 0 amide bonds. The summed E-state index contributed by atoms with van der Waals surface area (Å²) in [7, 11) is 0. The van der Waals surface area contributed by atoms with Crippen molar-refractivity contribution in [3.05, 3.63) is 57.0 Å². The number of hydrogen-bond acceptors (Lipinski definition) is 5. The topological polar surface area (TPSA) is 47.4 Å². The third kappa shape index (κ3) is 4.45. The summed E-state index contributed by atoms with van der Waals surface area (Å²) >= 11 is 1.62. The Hall–Kier alpha value is -2.18. The Morgan fingerprint density at radius 2 is 1.86 bits per heavy atom. The molecule has 3 rings (SSSR count). The van der Waals surface area contributed by atoms with Crippen molar-refractivity contribution in [2.45, 2.75) is 47.2 Å². The Bertz CT molecular complexity index is 975. The Kier molecular flexibility index (Phi) is 6.86. The smallest absolute Gasteiger partial charge is 0.262 e. The number of aromatic nitrogens is 2. The average Bonchev–Trinajstić information content (AvgIpc) is 2.99. The van der Waals surface area contributed by atoms with E-state index in [4.69, 9.17) is 9.72 Å². The van der Waals surface area contributed by atoms with Crippen LogP contribution in [0.5, 0.6) is 5.75 Å². The van der Waals surface area contributed by atoms with E-state index in [0.717, 1.165) is 46.9 Å². The van der Waals surface area contributed by atoms with E-state index in [0.29, 0.717) is 19.7 Å². The Morgan fingerprint density at radius 3 is 2.54 bits per heavy atom. The molecule has 1 aromatic carbocycles. The van der Waals surface area contributed by atoms with Crippen LogP contribution in [-0.4, -0.2) is 34.1 Å².